The van der Waals surface area contributed by atoms with E-state index in [2.05, 4.69) is 24.1 Å². The van der Waals surface area contributed by atoms with Gasteiger partial charge in [0.2, 0.25) is 5.84 Å². The van der Waals surface area contributed by atoms with E-state index in [0.29, 0.717) is 0 Å². The van der Waals surface area contributed by atoms with Crippen LogP contribution in [0.3, 0.4) is 0 Å². The summed E-state index contributed by atoms with van der Waals surface area (Å²) < 4.78 is 0.167. The molecule has 0 saturated carbocycles. The highest BCUT2D eigenvalue weighted by atomic mass is 16.4. The van der Waals surface area contributed by atoms with Gasteiger partial charge in [0.05, 0.1) is 6.20 Å². The van der Waals surface area contributed by atoms with E-state index in [-0.39, 0.29) is 17.2 Å². The molecule has 0 radical (unpaired) electrons. The maximum Gasteiger partial charge on any atom is 0.360 e. The molecule has 5 heteroatoms. The SMILES string of the molecule is CCCCC/C=C/CCCCCCCCC1=NC=C[N+]1(CC(=O)O)C(C)N. The predicted octanol–water partition coefficient (Wildman–Crippen LogP) is 5.33. The maximum absolute atomic E-state index is 11.2. The molecule has 154 valence electrons. The first kappa shape index (κ1) is 23.6. The molecule has 0 aromatic carbocycles. The molecule has 2 unspecified atom stereocenters. The minimum atomic E-state index is -0.842. The maximum atomic E-state index is 11.2. The van der Waals surface area contributed by atoms with Crippen LogP contribution < -0.4 is 5.73 Å². The molecular formula is C22H40N3O2+. The highest BCUT2D eigenvalue weighted by molar-refractivity contribution is 5.81. The summed E-state index contributed by atoms with van der Waals surface area (Å²) in [7, 11) is 0. The van der Waals surface area contributed by atoms with Crippen molar-refractivity contribution in [1.82, 2.24) is 0 Å². The van der Waals surface area contributed by atoms with Crippen molar-refractivity contribution in [3.8, 4) is 0 Å². The monoisotopic (exact) mass is 378 g/mol. The average Bonchev–Trinajstić information content (AvgIpc) is 3.02. The van der Waals surface area contributed by atoms with E-state index in [1.54, 1.807) is 6.20 Å². The van der Waals surface area contributed by atoms with Crippen LogP contribution in [0.25, 0.3) is 0 Å². The molecule has 0 spiro atoms. The Morgan fingerprint density at radius 3 is 2.30 bits per heavy atom. The number of aliphatic carboxylic acids is 1. The minimum Gasteiger partial charge on any atom is -0.477 e. The lowest BCUT2D eigenvalue weighted by Gasteiger charge is -2.34. The van der Waals surface area contributed by atoms with E-state index in [1.165, 1.54) is 57.8 Å². The first-order chi connectivity index (χ1) is 13.0. The molecule has 0 fully saturated rings. The molecule has 0 amide bonds. The van der Waals surface area contributed by atoms with Crippen LogP contribution in [0.2, 0.25) is 0 Å². The molecule has 1 rings (SSSR count). The normalized spacial score (nSPS) is 20.3. The predicted molar refractivity (Wildman–Crippen MR) is 113 cm³/mol. The number of hydrogen-bond donors (Lipinski definition) is 2. The minimum absolute atomic E-state index is 0.0288. The molecule has 1 heterocycles. The first-order valence-corrected chi connectivity index (χ1v) is 10.8. The number of nitrogens with two attached hydrogens (primary N) is 1. The number of aliphatic imine (C=N–C) groups is 1. The molecule has 1 aliphatic heterocycles. The summed E-state index contributed by atoms with van der Waals surface area (Å²) in [5.41, 5.74) is 6.09. The van der Waals surface area contributed by atoms with Crippen LogP contribution in [0.4, 0.5) is 0 Å². The van der Waals surface area contributed by atoms with Crippen LogP contribution in [-0.4, -0.2) is 34.1 Å². The molecule has 0 aromatic rings. The van der Waals surface area contributed by atoms with Crippen LogP contribution in [0.5, 0.6) is 0 Å². The van der Waals surface area contributed by atoms with Crippen molar-refractivity contribution in [2.45, 2.75) is 97.1 Å². The quantitative estimate of drug-likeness (QED) is 0.216. The second-order valence-electron chi connectivity index (χ2n) is 7.69. The molecule has 27 heavy (non-hydrogen) atoms. The fraction of sp³-hybridized carbons (Fsp3) is 0.727. The zero-order valence-corrected chi connectivity index (χ0v) is 17.4. The third-order valence-electron chi connectivity index (χ3n) is 5.32. The summed E-state index contributed by atoms with van der Waals surface area (Å²) in [5, 5.41) is 9.23. The van der Waals surface area contributed by atoms with Gasteiger partial charge in [-0.1, -0.05) is 57.6 Å². The fourth-order valence-electron chi connectivity index (χ4n) is 3.59. The zero-order valence-electron chi connectivity index (χ0n) is 17.4. The summed E-state index contributed by atoms with van der Waals surface area (Å²) in [6, 6.07) is 0. The largest absolute Gasteiger partial charge is 0.477 e. The van der Waals surface area contributed by atoms with Gasteiger partial charge in [0.1, 0.15) is 12.4 Å². The van der Waals surface area contributed by atoms with E-state index >= 15 is 0 Å². The Kier molecular flexibility index (Phi) is 11.9. The van der Waals surface area contributed by atoms with E-state index in [1.807, 2.05) is 13.1 Å². The first-order valence-electron chi connectivity index (χ1n) is 10.8. The standard InChI is InChI=1S/C22H39N3O2/c1-3-4-5-6-7-8-9-10-11-12-13-14-15-16-21-24-17-18-25(21,20(2)23)19-22(26)27/h7-8,17-18,20H,3-6,9-16,19,23H2,1-2H3/p+1/b8-7+. The topological polar surface area (TPSA) is 75.7 Å². The second kappa shape index (κ2) is 13.7. The van der Waals surface area contributed by atoms with Gasteiger partial charge in [0.25, 0.3) is 0 Å². The van der Waals surface area contributed by atoms with E-state index in [9.17, 15) is 9.90 Å². The number of amidine groups is 1. The molecule has 0 bridgehead atoms. The molecule has 0 saturated heterocycles. The van der Waals surface area contributed by atoms with Gasteiger partial charge in [-0.15, -0.1) is 0 Å². The van der Waals surface area contributed by atoms with Crippen LogP contribution in [0.15, 0.2) is 29.5 Å². The van der Waals surface area contributed by atoms with E-state index in [0.717, 1.165) is 25.1 Å². The van der Waals surface area contributed by atoms with Crippen molar-refractivity contribution in [3.05, 3.63) is 24.6 Å². The molecule has 0 aliphatic carbocycles. The van der Waals surface area contributed by atoms with Crippen molar-refractivity contribution in [1.29, 1.82) is 0 Å². The van der Waals surface area contributed by atoms with Crippen molar-refractivity contribution in [2.24, 2.45) is 10.7 Å². The average molecular weight is 379 g/mol. The Labute approximate surface area is 165 Å². The molecule has 5 nitrogen and oxygen atoms in total. The number of carbonyl (C=O) groups is 1. The third kappa shape index (κ3) is 8.85. The lowest BCUT2D eigenvalue weighted by molar-refractivity contribution is -0.805. The molecular weight excluding hydrogens is 338 g/mol. The Bertz CT molecular complexity index is 512. The lowest BCUT2D eigenvalue weighted by atomic mass is 10.1. The highest BCUT2D eigenvalue weighted by Gasteiger charge is 2.40. The number of quaternary nitrogens is 1. The van der Waals surface area contributed by atoms with Gasteiger partial charge in [-0.3, -0.25) is 5.73 Å². The highest BCUT2D eigenvalue weighted by Crippen LogP contribution is 2.23. The second-order valence-corrected chi connectivity index (χ2v) is 7.69. The summed E-state index contributed by atoms with van der Waals surface area (Å²) in [5.74, 6) is 0.0478. The van der Waals surface area contributed by atoms with Crippen molar-refractivity contribution in [3.63, 3.8) is 0 Å². The molecule has 2 atom stereocenters. The summed E-state index contributed by atoms with van der Waals surface area (Å²) in [6.45, 7) is 4.07. The van der Waals surface area contributed by atoms with Crippen LogP contribution >= 0.6 is 0 Å². The molecule has 3 N–H and O–H groups in total. The Balaban J connectivity index is 2.12. The third-order valence-corrected chi connectivity index (χ3v) is 5.32. The number of hydrogen-bond acceptors (Lipinski definition) is 3. The number of unbranched alkanes of at least 4 members (excludes halogenated alkanes) is 9. The number of allylic oxidation sites excluding steroid dienone is 2. The number of nitrogens with zero attached hydrogens (tertiary/aromatic N) is 2. The fourth-order valence-corrected chi connectivity index (χ4v) is 3.59. The van der Waals surface area contributed by atoms with Crippen LogP contribution in [0, 0.1) is 0 Å². The van der Waals surface area contributed by atoms with Gasteiger partial charge in [0, 0.05) is 13.3 Å². The molecule has 1 aliphatic rings. The zero-order chi connectivity index (χ0) is 20.0. The molecule has 0 aromatic heterocycles. The summed E-state index contributed by atoms with van der Waals surface area (Å²) in [4.78, 5) is 15.6. The number of carboxylic acids is 1. The Morgan fingerprint density at radius 1 is 1.11 bits per heavy atom. The summed E-state index contributed by atoms with van der Waals surface area (Å²) >= 11 is 0. The van der Waals surface area contributed by atoms with Crippen molar-refractivity contribution >= 4 is 11.8 Å². The van der Waals surface area contributed by atoms with Gasteiger partial charge in [-0.05, 0) is 32.1 Å². The Morgan fingerprint density at radius 2 is 1.70 bits per heavy atom. The lowest BCUT2D eigenvalue weighted by Crippen LogP contribution is -2.59. The van der Waals surface area contributed by atoms with Gasteiger partial charge in [-0.2, -0.15) is 0 Å². The van der Waals surface area contributed by atoms with E-state index in [4.69, 9.17) is 5.73 Å². The Hall–Kier alpha value is -1.46. The van der Waals surface area contributed by atoms with Gasteiger partial charge >= 0.3 is 5.97 Å². The van der Waals surface area contributed by atoms with Gasteiger partial charge in [-0.25, -0.2) is 14.3 Å². The van der Waals surface area contributed by atoms with Crippen molar-refractivity contribution < 1.29 is 14.4 Å². The van der Waals surface area contributed by atoms with Crippen molar-refractivity contribution in [2.75, 3.05) is 6.54 Å². The number of carboxylic acid groups (broad SMARTS) is 1. The van der Waals surface area contributed by atoms with Crippen LogP contribution in [-0.2, 0) is 4.79 Å². The van der Waals surface area contributed by atoms with Crippen LogP contribution in [0.1, 0.15) is 90.9 Å². The smallest absolute Gasteiger partial charge is 0.360 e. The van der Waals surface area contributed by atoms with E-state index < -0.39 is 5.97 Å². The number of rotatable bonds is 16. The van der Waals surface area contributed by atoms with Gasteiger partial charge in [0.15, 0.2) is 6.54 Å². The van der Waals surface area contributed by atoms with Gasteiger partial charge < -0.3 is 5.11 Å². The summed E-state index contributed by atoms with van der Waals surface area (Å²) in [6.07, 6.45) is 22.4.